The van der Waals surface area contributed by atoms with Crippen molar-refractivity contribution in [2.24, 2.45) is 0 Å². The molecule has 0 bridgehead atoms. The molecule has 0 aliphatic carbocycles. The molecule has 0 aliphatic rings. The molecule has 0 heterocycles. The standard InChI is InChI=1S/C35H39N3O4S/c1-4-30-16-12-13-19-32(30)38(43(41,42)31-17-10-7-11-18-31)26-34(39)37(25-29-22-20-27(3)21-23-29)33(35(40)36-5-2)24-28-14-8-6-9-15-28/h6-23,33H,4-5,24-26H2,1-3H3,(H,36,40). The zero-order chi connectivity index (χ0) is 30.8. The number of sulfonamides is 1. The topological polar surface area (TPSA) is 86.8 Å². The van der Waals surface area contributed by atoms with E-state index < -0.39 is 28.5 Å². The van der Waals surface area contributed by atoms with Gasteiger partial charge in [-0.3, -0.25) is 13.9 Å². The molecular weight excluding hydrogens is 558 g/mol. The molecule has 4 aromatic rings. The minimum absolute atomic E-state index is 0.0864. The van der Waals surface area contributed by atoms with E-state index in [-0.39, 0.29) is 23.8 Å². The molecule has 0 aromatic heterocycles. The van der Waals surface area contributed by atoms with Crippen LogP contribution in [0, 0.1) is 6.92 Å². The van der Waals surface area contributed by atoms with E-state index in [1.54, 1.807) is 30.3 Å². The number of amides is 2. The van der Waals surface area contributed by atoms with E-state index in [2.05, 4.69) is 5.32 Å². The highest BCUT2D eigenvalue weighted by Gasteiger charge is 2.35. The Labute approximate surface area is 255 Å². The Morgan fingerprint density at radius 2 is 1.37 bits per heavy atom. The van der Waals surface area contributed by atoms with E-state index in [1.807, 2.05) is 87.5 Å². The van der Waals surface area contributed by atoms with Crippen LogP contribution in [-0.4, -0.2) is 44.3 Å². The van der Waals surface area contributed by atoms with Crippen molar-refractivity contribution in [2.45, 2.75) is 51.1 Å². The molecule has 1 atom stereocenters. The van der Waals surface area contributed by atoms with Crippen molar-refractivity contribution in [2.75, 3.05) is 17.4 Å². The molecule has 0 radical (unpaired) electrons. The number of anilines is 1. The Morgan fingerprint density at radius 3 is 2.00 bits per heavy atom. The molecule has 4 aromatic carbocycles. The molecule has 224 valence electrons. The largest absolute Gasteiger partial charge is 0.355 e. The molecular formula is C35H39N3O4S. The second-order valence-corrected chi connectivity index (χ2v) is 12.3. The van der Waals surface area contributed by atoms with E-state index in [1.165, 1.54) is 21.3 Å². The van der Waals surface area contributed by atoms with Crippen LogP contribution in [0.2, 0.25) is 0 Å². The van der Waals surface area contributed by atoms with Crippen LogP contribution in [0.4, 0.5) is 5.69 Å². The fourth-order valence-electron chi connectivity index (χ4n) is 5.02. The number of hydrogen-bond acceptors (Lipinski definition) is 4. The van der Waals surface area contributed by atoms with Crippen LogP contribution >= 0.6 is 0 Å². The van der Waals surface area contributed by atoms with Gasteiger partial charge in [0.15, 0.2) is 0 Å². The van der Waals surface area contributed by atoms with Crippen molar-refractivity contribution in [1.82, 2.24) is 10.2 Å². The lowest BCUT2D eigenvalue weighted by atomic mass is 10.0. The number of likely N-dealkylation sites (N-methyl/N-ethyl adjacent to an activating group) is 1. The third-order valence-corrected chi connectivity index (χ3v) is 9.12. The SMILES string of the molecule is CCNC(=O)C(Cc1ccccc1)N(Cc1ccc(C)cc1)C(=O)CN(c1ccccc1CC)S(=O)(=O)c1ccccc1. The van der Waals surface area contributed by atoms with Crippen LogP contribution in [0.15, 0.2) is 114 Å². The van der Waals surface area contributed by atoms with E-state index in [0.29, 0.717) is 18.7 Å². The summed E-state index contributed by atoms with van der Waals surface area (Å²) in [4.78, 5) is 29.6. The van der Waals surface area contributed by atoms with Crippen molar-refractivity contribution >= 4 is 27.5 Å². The summed E-state index contributed by atoms with van der Waals surface area (Å²) >= 11 is 0. The number of aryl methyl sites for hydroxylation is 2. The van der Waals surface area contributed by atoms with Crippen molar-refractivity contribution in [1.29, 1.82) is 0 Å². The van der Waals surface area contributed by atoms with Crippen molar-refractivity contribution in [3.63, 3.8) is 0 Å². The second-order valence-electron chi connectivity index (χ2n) is 10.4. The average Bonchev–Trinajstić information content (AvgIpc) is 3.03. The molecule has 0 fully saturated rings. The van der Waals surface area contributed by atoms with E-state index in [4.69, 9.17) is 0 Å². The second kappa shape index (κ2) is 14.6. The number of benzene rings is 4. The number of nitrogens with zero attached hydrogens (tertiary/aromatic N) is 2. The smallest absolute Gasteiger partial charge is 0.264 e. The molecule has 1 unspecified atom stereocenters. The summed E-state index contributed by atoms with van der Waals surface area (Å²) in [5, 5.41) is 2.89. The Morgan fingerprint density at radius 1 is 0.767 bits per heavy atom. The van der Waals surface area contributed by atoms with E-state index >= 15 is 0 Å². The fourth-order valence-corrected chi connectivity index (χ4v) is 6.50. The van der Waals surface area contributed by atoms with Gasteiger partial charge in [-0.2, -0.15) is 0 Å². The van der Waals surface area contributed by atoms with Gasteiger partial charge in [-0.05, 0) is 55.2 Å². The maximum Gasteiger partial charge on any atom is 0.264 e. The van der Waals surface area contributed by atoms with Gasteiger partial charge in [-0.1, -0.05) is 103 Å². The molecule has 0 spiro atoms. The van der Waals surface area contributed by atoms with Gasteiger partial charge in [0.2, 0.25) is 11.8 Å². The molecule has 43 heavy (non-hydrogen) atoms. The van der Waals surface area contributed by atoms with Gasteiger partial charge < -0.3 is 10.2 Å². The fraction of sp³-hybridized carbons (Fsp3) is 0.257. The lowest BCUT2D eigenvalue weighted by Gasteiger charge is -2.34. The maximum absolute atomic E-state index is 14.5. The average molecular weight is 598 g/mol. The summed E-state index contributed by atoms with van der Waals surface area (Å²) in [6, 6.07) is 31.8. The number of nitrogens with one attached hydrogen (secondary N) is 1. The van der Waals surface area contributed by atoms with Crippen molar-refractivity contribution < 1.29 is 18.0 Å². The summed E-state index contributed by atoms with van der Waals surface area (Å²) in [5.41, 5.74) is 4.04. The predicted octanol–water partition coefficient (Wildman–Crippen LogP) is 5.53. The zero-order valence-electron chi connectivity index (χ0n) is 24.9. The van der Waals surface area contributed by atoms with Crippen LogP contribution in [-0.2, 0) is 39.0 Å². The molecule has 1 N–H and O–H groups in total. The number of hydrogen-bond donors (Lipinski definition) is 1. The van der Waals surface area contributed by atoms with E-state index in [9.17, 15) is 18.0 Å². The lowest BCUT2D eigenvalue weighted by molar-refractivity contribution is -0.140. The monoisotopic (exact) mass is 597 g/mol. The van der Waals surface area contributed by atoms with Gasteiger partial charge in [-0.15, -0.1) is 0 Å². The Kier molecular flexibility index (Phi) is 10.7. The lowest BCUT2D eigenvalue weighted by Crippen LogP contribution is -2.53. The highest BCUT2D eigenvalue weighted by molar-refractivity contribution is 7.92. The quantitative estimate of drug-likeness (QED) is 0.220. The minimum atomic E-state index is -4.12. The molecule has 2 amide bonds. The van der Waals surface area contributed by atoms with Crippen LogP contribution < -0.4 is 9.62 Å². The number of carbonyl (C=O) groups excluding carboxylic acids is 2. The van der Waals surface area contributed by atoms with E-state index in [0.717, 1.165) is 22.3 Å². The van der Waals surface area contributed by atoms with Gasteiger partial charge in [0.05, 0.1) is 10.6 Å². The van der Waals surface area contributed by atoms with Crippen LogP contribution in [0.5, 0.6) is 0 Å². The Balaban J connectivity index is 1.81. The number of para-hydroxylation sites is 1. The molecule has 8 heteroatoms. The number of carbonyl (C=O) groups is 2. The minimum Gasteiger partial charge on any atom is -0.355 e. The first-order valence-electron chi connectivity index (χ1n) is 14.6. The Bertz CT molecular complexity index is 1610. The third kappa shape index (κ3) is 7.90. The summed E-state index contributed by atoms with van der Waals surface area (Å²) in [6.07, 6.45) is 0.856. The molecule has 0 aliphatic heterocycles. The summed E-state index contributed by atoms with van der Waals surface area (Å²) in [6.45, 7) is 5.83. The first-order valence-corrected chi connectivity index (χ1v) is 16.0. The zero-order valence-corrected chi connectivity index (χ0v) is 25.8. The highest BCUT2D eigenvalue weighted by atomic mass is 32.2. The molecule has 0 saturated heterocycles. The highest BCUT2D eigenvalue weighted by Crippen LogP contribution is 2.28. The molecule has 0 saturated carbocycles. The molecule has 4 rings (SSSR count). The van der Waals surface area contributed by atoms with Crippen LogP contribution in [0.3, 0.4) is 0 Å². The van der Waals surface area contributed by atoms with Gasteiger partial charge >= 0.3 is 0 Å². The first kappa shape index (κ1) is 31.5. The summed E-state index contributed by atoms with van der Waals surface area (Å²) in [7, 11) is -4.12. The first-order chi connectivity index (χ1) is 20.7. The number of rotatable bonds is 13. The van der Waals surface area contributed by atoms with Crippen molar-refractivity contribution in [3.8, 4) is 0 Å². The van der Waals surface area contributed by atoms with Gasteiger partial charge in [-0.25, -0.2) is 8.42 Å². The summed E-state index contributed by atoms with van der Waals surface area (Å²) < 4.78 is 29.4. The van der Waals surface area contributed by atoms with Gasteiger partial charge in [0, 0.05) is 19.5 Å². The summed E-state index contributed by atoms with van der Waals surface area (Å²) in [5.74, 6) is -0.767. The normalized spacial score (nSPS) is 11.9. The van der Waals surface area contributed by atoms with Gasteiger partial charge in [0.25, 0.3) is 10.0 Å². The maximum atomic E-state index is 14.5. The third-order valence-electron chi connectivity index (χ3n) is 7.35. The van der Waals surface area contributed by atoms with Crippen LogP contribution in [0.25, 0.3) is 0 Å². The predicted molar refractivity (Wildman–Crippen MR) is 171 cm³/mol. The molecule has 7 nitrogen and oxygen atoms in total. The Hall–Kier alpha value is -4.43. The van der Waals surface area contributed by atoms with Gasteiger partial charge in [0.1, 0.15) is 12.6 Å². The van der Waals surface area contributed by atoms with Crippen LogP contribution in [0.1, 0.15) is 36.1 Å². The van der Waals surface area contributed by atoms with Crippen molar-refractivity contribution in [3.05, 3.63) is 131 Å².